The van der Waals surface area contributed by atoms with Gasteiger partial charge >= 0.3 is 0 Å². The van der Waals surface area contributed by atoms with Crippen molar-refractivity contribution in [2.45, 2.75) is 51.8 Å². The maximum absolute atomic E-state index is 13.7. The zero-order valence-corrected chi connectivity index (χ0v) is 18.9. The van der Waals surface area contributed by atoms with Crippen molar-refractivity contribution in [1.82, 2.24) is 5.32 Å². The van der Waals surface area contributed by atoms with E-state index in [-0.39, 0.29) is 5.69 Å². The van der Waals surface area contributed by atoms with Gasteiger partial charge in [-0.3, -0.25) is 9.10 Å². The van der Waals surface area contributed by atoms with Crippen LogP contribution in [0.3, 0.4) is 0 Å². The summed E-state index contributed by atoms with van der Waals surface area (Å²) < 4.78 is 58.7. The van der Waals surface area contributed by atoms with Gasteiger partial charge in [-0.1, -0.05) is 12.1 Å². The van der Waals surface area contributed by atoms with Crippen molar-refractivity contribution in [3.63, 3.8) is 0 Å². The van der Waals surface area contributed by atoms with Gasteiger partial charge < -0.3 is 10.1 Å². The normalized spacial score (nSPS) is 18.5. The summed E-state index contributed by atoms with van der Waals surface area (Å²) in [6.45, 7) is 7.15. The van der Waals surface area contributed by atoms with E-state index in [0.717, 1.165) is 39.9 Å². The van der Waals surface area contributed by atoms with Crippen molar-refractivity contribution in [3.8, 4) is 5.75 Å². The Morgan fingerprint density at radius 1 is 1.19 bits per heavy atom. The van der Waals surface area contributed by atoms with Crippen LogP contribution in [0.4, 0.5) is 14.5 Å². The van der Waals surface area contributed by atoms with Crippen molar-refractivity contribution < 1.29 is 26.7 Å². The molecule has 0 saturated carbocycles. The van der Waals surface area contributed by atoms with Crippen LogP contribution < -0.4 is 14.4 Å². The van der Waals surface area contributed by atoms with Crippen LogP contribution in [0.15, 0.2) is 36.4 Å². The Bertz CT molecular complexity index is 1120. The second kappa shape index (κ2) is 8.11. The van der Waals surface area contributed by atoms with Crippen LogP contribution in [0.1, 0.15) is 44.4 Å². The van der Waals surface area contributed by atoms with Crippen molar-refractivity contribution in [1.29, 1.82) is 0 Å². The number of ether oxygens (including phenoxy) is 1. The molecule has 1 heterocycles. The number of amides is 1. The third-order valence-corrected chi connectivity index (χ3v) is 6.43. The van der Waals surface area contributed by atoms with E-state index in [9.17, 15) is 22.0 Å². The number of sulfonamides is 1. The van der Waals surface area contributed by atoms with E-state index in [4.69, 9.17) is 4.74 Å². The Kier molecular flexibility index (Phi) is 6.01. The minimum absolute atomic E-state index is 0.132. The fourth-order valence-corrected chi connectivity index (χ4v) is 4.98. The molecule has 1 amide bonds. The summed E-state index contributed by atoms with van der Waals surface area (Å²) in [5.41, 5.74) is 1.13. The van der Waals surface area contributed by atoms with Crippen LogP contribution in [-0.2, 0) is 14.8 Å². The first-order chi connectivity index (χ1) is 14.3. The van der Waals surface area contributed by atoms with Crippen LogP contribution >= 0.6 is 0 Å². The molecular formula is C22H26F2N2O4S. The molecule has 0 aromatic heterocycles. The fraction of sp³-hybridized carbons (Fsp3) is 0.409. The molecule has 2 aromatic carbocycles. The van der Waals surface area contributed by atoms with Crippen LogP contribution in [0.5, 0.6) is 5.75 Å². The van der Waals surface area contributed by atoms with Gasteiger partial charge in [-0.25, -0.2) is 17.2 Å². The van der Waals surface area contributed by atoms with Crippen molar-refractivity contribution in [2.75, 3.05) is 10.6 Å². The van der Waals surface area contributed by atoms with Crippen molar-refractivity contribution in [3.05, 3.63) is 59.2 Å². The van der Waals surface area contributed by atoms with Crippen LogP contribution in [0.25, 0.3) is 0 Å². The number of aryl methyl sites for hydroxylation is 1. The molecular weight excluding hydrogens is 426 g/mol. The highest BCUT2D eigenvalue weighted by Gasteiger charge is 2.37. The zero-order valence-electron chi connectivity index (χ0n) is 18.1. The predicted molar refractivity (Wildman–Crippen MR) is 115 cm³/mol. The Balaban J connectivity index is 1.92. The molecule has 0 spiro atoms. The van der Waals surface area contributed by atoms with Gasteiger partial charge in [-0.05, 0) is 51.5 Å². The minimum Gasteiger partial charge on any atom is -0.487 e. The quantitative estimate of drug-likeness (QED) is 0.748. The lowest BCUT2D eigenvalue weighted by Gasteiger charge is -2.39. The van der Waals surface area contributed by atoms with Gasteiger partial charge in [0.05, 0.1) is 18.0 Å². The Morgan fingerprint density at radius 2 is 1.87 bits per heavy atom. The number of hydrogen-bond donors (Lipinski definition) is 1. The summed E-state index contributed by atoms with van der Waals surface area (Å²) >= 11 is 0. The monoisotopic (exact) mass is 452 g/mol. The molecule has 3 rings (SSSR count). The largest absolute Gasteiger partial charge is 0.487 e. The predicted octanol–water partition coefficient (Wildman–Crippen LogP) is 3.85. The number of halogens is 2. The molecule has 2 aromatic rings. The number of nitrogens with zero attached hydrogens (tertiary/aromatic N) is 1. The molecule has 0 bridgehead atoms. The molecule has 0 aliphatic carbocycles. The van der Waals surface area contributed by atoms with Crippen LogP contribution in [0.2, 0.25) is 0 Å². The summed E-state index contributed by atoms with van der Waals surface area (Å²) in [5, 5.41) is 2.91. The Labute approximate surface area is 181 Å². The summed E-state index contributed by atoms with van der Waals surface area (Å²) in [7, 11) is -3.96. The van der Waals surface area contributed by atoms with E-state index in [1.165, 1.54) is 6.92 Å². The molecule has 1 aliphatic heterocycles. The van der Waals surface area contributed by atoms with Gasteiger partial charge in [0.15, 0.2) is 11.6 Å². The topological polar surface area (TPSA) is 75.7 Å². The maximum Gasteiger partial charge on any atom is 0.244 e. The van der Waals surface area contributed by atoms with Crippen molar-refractivity contribution >= 4 is 21.6 Å². The lowest BCUT2D eigenvalue weighted by atomic mass is 9.89. The first-order valence-electron chi connectivity index (χ1n) is 9.83. The number of hydrogen-bond acceptors (Lipinski definition) is 4. The molecule has 0 unspecified atom stereocenters. The van der Waals surface area contributed by atoms with E-state index < -0.39 is 45.2 Å². The van der Waals surface area contributed by atoms with E-state index >= 15 is 0 Å². The average molecular weight is 453 g/mol. The van der Waals surface area contributed by atoms with E-state index in [2.05, 4.69) is 5.32 Å². The number of carbonyl (C=O) groups excluding carboxylic acids is 1. The van der Waals surface area contributed by atoms with Crippen LogP contribution in [0, 0.1) is 18.6 Å². The molecule has 2 atom stereocenters. The Hall–Kier alpha value is -2.68. The molecule has 0 fully saturated rings. The lowest BCUT2D eigenvalue weighted by molar-refractivity contribution is -0.123. The number of anilines is 1. The van der Waals surface area contributed by atoms with E-state index in [1.54, 1.807) is 0 Å². The van der Waals surface area contributed by atoms with Gasteiger partial charge in [0.2, 0.25) is 15.9 Å². The molecule has 0 radical (unpaired) electrons. The molecule has 168 valence electrons. The number of fused-ring (bicyclic) bond motifs is 1. The highest BCUT2D eigenvalue weighted by Crippen LogP contribution is 2.40. The minimum atomic E-state index is -3.96. The second-order valence-corrected chi connectivity index (χ2v) is 10.4. The first kappa shape index (κ1) is 23.0. The van der Waals surface area contributed by atoms with Gasteiger partial charge in [0.25, 0.3) is 0 Å². The third kappa shape index (κ3) is 4.98. The van der Waals surface area contributed by atoms with Gasteiger partial charge in [-0.15, -0.1) is 0 Å². The molecule has 0 saturated heterocycles. The van der Waals surface area contributed by atoms with Gasteiger partial charge in [0.1, 0.15) is 17.4 Å². The smallest absolute Gasteiger partial charge is 0.244 e. The number of nitrogens with one attached hydrogen (secondary N) is 1. The fourth-order valence-electron chi connectivity index (χ4n) is 3.81. The third-order valence-electron chi connectivity index (χ3n) is 5.19. The SMILES string of the molecule is Cc1ccc2c(c1)OC(C)(C)C[C@H]2NC(=O)[C@H](C)N(c1ccc(F)c(F)c1)S(C)(=O)=O. The van der Waals surface area contributed by atoms with E-state index in [1.807, 2.05) is 39.0 Å². The van der Waals surface area contributed by atoms with Gasteiger partial charge in [-0.2, -0.15) is 0 Å². The lowest BCUT2D eigenvalue weighted by Crippen LogP contribution is -2.50. The molecule has 1 aliphatic rings. The summed E-state index contributed by atoms with van der Waals surface area (Å²) in [6.07, 6.45) is 1.39. The van der Waals surface area contributed by atoms with E-state index in [0.29, 0.717) is 12.2 Å². The molecule has 1 N–H and O–H groups in total. The zero-order chi connectivity index (χ0) is 23.1. The first-order valence-corrected chi connectivity index (χ1v) is 11.7. The Morgan fingerprint density at radius 3 is 2.48 bits per heavy atom. The summed E-state index contributed by atoms with van der Waals surface area (Å²) in [4.78, 5) is 13.1. The van der Waals surface area contributed by atoms with Crippen molar-refractivity contribution in [2.24, 2.45) is 0 Å². The maximum atomic E-state index is 13.7. The molecule has 6 nitrogen and oxygen atoms in total. The second-order valence-electron chi connectivity index (χ2n) is 8.50. The standard InChI is InChI=1S/C22H26F2N2O4S/c1-13-6-8-16-19(12-22(3,4)30-20(16)10-13)25-21(27)14(2)26(31(5,28)29)15-7-9-17(23)18(24)11-15/h6-11,14,19H,12H2,1-5H3,(H,25,27)/t14-,19+/m0/s1. The van der Waals surface area contributed by atoms with Crippen LogP contribution in [-0.4, -0.2) is 32.2 Å². The number of benzene rings is 2. The summed E-state index contributed by atoms with van der Waals surface area (Å²) in [6, 6.07) is 6.79. The summed E-state index contributed by atoms with van der Waals surface area (Å²) in [5.74, 6) is -2.21. The van der Waals surface area contributed by atoms with Gasteiger partial charge in [0, 0.05) is 18.1 Å². The molecule has 31 heavy (non-hydrogen) atoms. The average Bonchev–Trinajstić information content (AvgIpc) is 2.62. The number of carbonyl (C=O) groups is 1. The highest BCUT2D eigenvalue weighted by atomic mass is 32.2. The number of rotatable bonds is 5. The highest BCUT2D eigenvalue weighted by molar-refractivity contribution is 7.92. The molecule has 9 heteroatoms.